The first kappa shape index (κ1) is 16.9. The molecule has 0 saturated carbocycles. The van der Waals surface area contributed by atoms with Gasteiger partial charge in [-0.25, -0.2) is 9.79 Å². The normalized spacial score (nSPS) is 24.8. The van der Waals surface area contributed by atoms with E-state index in [0.717, 1.165) is 23.8 Å². The zero-order valence-corrected chi connectivity index (χ0v) is 15.6. The van der Waals surface area contributed by atoms with Crippen molar-refractivity contribution in [3.8, 4) is 0 Å². The van der Waals surface area contributed by atoms with E-state index in [1.807, 2.05) is 42.0 Å². The minimum atomic E-state index is -0.522. The zero-order chi connectivity index (χ0) is 18.6. The minimum Gasteiger partial charge on any atom is -0.315 e. The molecule has 8 heteroatoms. The molecule has 3 aliphatic heterocycles. The Kier molecular flexibility index (Phi) is 3.91. The quantitative estimate of drug-likeness (QED) is 0.815. The summed E-state index contributed by atoms with van der Waals surface area (Å²) in [4.78, 5) is 37.4. The molecule has 7 nitrogen and oxygen atoms in total. The molecule has 3 amide bonds. The fraction of sp³-hybridized carbons (Fsp3) is 0.389. The van der Waals surface area contributed by atoms with Gasteiger partial charge in [0.15, 0.2) is 12.2 Å². The van der Waals surface area contributed by atoms with Gasteiger partial charge in [-0.3, -0.25) is 9.69 Å². The molecule has 0 aliphatic carbocycles. The molecule has 2 unspecified atom stereocenters. The molecule has 0 aromatic heterocycles. The van der Waals surface area contributed by atoms with Gasteiger partial charge in [0.1, 0.15) is 0 Å². The summed E-state index contributed by atoms with van der Waals surface area (Å²) in [7, 11) is 1.69. The van der Waals surface area contributed by atoms with Gasteiger partial charge in [-0.1, -0.05) is 23.7 Å². The van der Waals surface area contributed by atoms with Crippen LogP contribution in [0.3, 0.4) is 0 Å². The molecule has 1 aromatic carbocycles. The van der Waals surface area contributed by atoms with Crippen LogP contribution in [-0.4, -0.2) is 63.3 Å². The molecule has 0 N–H and O–H groups in total. The first-order chi connectivity index (χ1) is 12.4. The molecule has 2 atom stereocenters. The van der Waals surface area contributed by atoms with Crippen molar-refractivity contribution in [2.24, 2.45) is 4.99 Å². The average Bonchev–Trinajstić information content (AvgIpc) is 3.12. The van der Waals surface area contributed by atoms with Crippen LogP contribution in [-0.2, 0) is 11.3 Å². The zero-order valence-electron chi connectivity index (χ0n) is 14.9. The number of rotatable bonds is 3. The van der Waals surface area contributed by atoms with E-state index in [1.165, 1.54) is 4.90 Å². The monoisotopic (exact) mass is 373 g/mol. The summed E-state index contributed by atoms with van der Waals surface area (Å²) in [5.41, 5.74) is 1.90. The molecule has 136 valence electrons. The molecule has 1 aromatic rings. The van der Waals surface area contributed by atoms with E-state index in [0.29, 0.717) is 5.02 Å². The molecule has 0 spiro atoms. The van der Waals surface area contributed by atoms with Gasteiger partial charge in [0.25, 0.3) is 5.91 Å². The molecule has 3 heterocycles. The predicted octanol–water partition coefficient (Wildman–Crippen LogP) is 2.30. The van der Waals surface area contributed by atoms with Crippen LogP contribution in [0.5, 0.6) is 0 Å². The lowest BCUT2D eigenvalue weighted by Crippen LogP contribution is -2.63. The average molecular weight is 374 g/mol. The lowest BCUT2D eigenvalue weighted by molar-refractivity contribution is -0.137. The minimum absolute atomic E-state index is 0.214. The highest BCUT2D eigenvalue weighted by molar-refractivity contribution is 6.30. The van der Waals surface area contributed by atoms with E-state index >= 15 is 0 Å². The number of benzene rings is 1. The highest BCUT2D eigenvalue weighted by Gasteiger charge is 2.53. The maximum atomic E-state index is 13.2. The Morgan fingerprint density at radius 1 is 1.15 bits per heavy atom. The lowest BCUT2D eigenvalue weighted by atomic mass is 10.1. The third kappa shape index (κ3) is 2.38. The van der Waals surface area contributed by atoms with Gasteiger partial charge < -0.3 is 14.7 Å². The largest absolute Gasteiger partial charge is 0.328 e. The summed E-state index contributed by atoms with van der Waals surface area (Å²) in [6, 6.07) is 6.30. The number of nitrogens with zero attached hydrogens (tertiary/aromatic N) is 5. The number of aliphatic imine (C=N–C) groups is 1. The molecular weight excluding hydrogens is 354 g/mol. The van der Waals surface area contributed by atoms with E-state index in [9.17, 15) is 9.59 Å². The number of halogens is 1. The van der Waals surface area contributed by atoms with Crippen LogP contribution in [0.15, 0.2) is 41.2 Å². The molecule has 0 bridgehead atoms. The Balaban J connectivity index is 1.64. The number of carbonyl (C=O) groups is 2. The van der Waals surface area contributed by atoms with Crippen molar-refractivity contribution in [3.63, 3.8) is 0 Å². The highest BCUT2D eigenvalue weighted by Crippen LogP contribution is 2.34. The number of fused-ring (bicyclic) bond motifs is 3. The van der Waals surface area contributed by atoms with Gasteiger partial charge in [-0.05, 0) is 31.5 Å². The molecule has 26 heavy (non-hydrogen) atoms. The highest BCUT2D eigenvalue weighted by atomic mass is 35.5. The van der Waals surface area contributed by atoms with E-state index in [2.05, 4.69) is 4.99 Å². The third-order valence-corrected chi connectivity index (χ3v) is 5.32. The van der Waals surface area contributed by atoms with Crippen LogP contribution in [0.4, 0.5) is 4.79 Å². The van der Waals surface area contributed by atoms with E-state index in [4.69, 9.17) is 11.6 Å². The smallest absolute Gasteiger partial charge is 0.315 e. The molecule has 0 radical (unpaired) electrons. The Labute approximate surface area is 157 Å². The number of hydrogen-bond donors (Lipinski definition) is 0. The topological polar surface area (TPSA) is 59.5 Å². The van der Waals surface area contributed by atoms with Crippen molar-refractivity contribution in [1.82, 2.24) is 19.6 Å². The van der Waals surface area contributed by atoms with Gasteiger partial charge >= 0.3 is 6.03 Å². The Morgan fingerprint density at radius 3 is 2.50 bits per heavy atom. The number of hydrogen-bond acceptors (Lipinski definition) is 5. The molecule has 4 rings (SSSR count). The van der Waals surface area contributed by atoms with Gasteiger partial charge in [0.05, 0.1) is 6.54 Å². The Bertz CT molecular complexity index is 834. The molecule has 3 aliphatic rings. The van der Waals surface area contributed by atoms with Crippen molar-refractivity contribution in [1.29, 1.82) is 0 Å². The summed E-state index contributed by atoms with van der Waals surface area (Å²) in [6.45, 7) is 5.01. The van der Waals surface area contributed by atoms with Gasteiger partial charge in [0.2, 0.25) is 5.96 Å². The van der Waals surface area contributed by atoms with Crippen LogP contribution in [0, 0.1) is 0 Å². The van der Waals surface area contributed by atoms with Gasteiger partial charge in [0, 0.05) is 30.5 Å². The second kappa shape index (κ2) is 6.02. The second-order valence-corrected chi connectivity index (χ2v) is 7.09. The van der Waals surface area contributed by atoms with Crippen LogP contribution < -0.4 is 0 Å². The SMILES string of the molecule is CCN1C(C)=CN2C1=NC1C2C(=O)N(Cc2ccc(Cl)cc2)C(=O)N1C. The van der Waals surface area contributed by atoms with E-state index < -0.39 is 12.2 Å². The summed E-state index contributed by atoms with van der Waals surface area (Å²) in [5.74, 6) is 0.509. The van der Waals surface area contributed by atoms with Crippen molar-refractivity contribution >= 4 is 29.5 Å². The van der Waals surface area contributed by atoms with Gasteiger partial charge in [-0.15, -0.1) is 0 Å². The van der Waals surface area contributed by atoms with Crippen molar-refractivity contribution in [3.05, 3.63) is 46.7 Å². The van der Waals surface area contributed by atoms with E-state index in [1.54, 1.807) is 24.1 Å². The predicted molar refractivity (Wildman–Crippen MR) is 98.1 cm³/mol. The maximum absolute atomic E-state index is 13.2. The van der Waals surface area contributed by atoms with E-state index in [-0.39, 0.29) is 18.5 Å². The molecule has 1 fully saturated rings. The fourth-order valence-corrected chi connectivity index (χ4v) is 3.84. The second-order valence-electron chi connectivity index (χ2n) is 6.65. The van der Waals surface area contributed by atoms with Crippen molar-refractivity contribution < 1.29 is 9.59 Å². The van der Waals surface area contributed by atoms with Crippen LogP contribution in [0.1, 0.15) is 19.4 Å². The fourth-order valence-electron chi connectivity index (χ4n) is 3.71. The first-order valence-electron chi connectivity index (χ1n) is 8.57. The number of imide groups is 1. The summed E-state index contributed by atoms with van der Waals surface area (Å²) in [6.07, 6.45) is 1.44. The summed E-state index contributed by atoms with van der Waals surface area (Å²) >= 11 is 5.92. The molecular formula is C18H20ClN5O2. The van der Waals surface area contributed by atoms with Crippen LogP contribution >= 0.6 is 11.6 Å². The lowest BCUT2D eigenvalue weighted by Gasteiger charge is -2.40. The van der Waals surface area contributed by atoms with Crippen molar-refractivity contribution in [2.75, 3.05) is 13.6 Å². The number of urea groups is 1. The number of amides is 3. The number of likely N-dealkylation sites (N-methyl/N-ethyl adjacent to an activating group) is 1. The number of carbonyl (C=O) groups excluding carboxylic acids is 2. The Hall–Kier alpha value is -2.54. The summed E-state index contributed by atoms with van der Waals surface area (Å²) < 4.78 is 0. The van der Waals surface area contributed by atoms with Crippen molar-refractivity contribution in [2.45, 2.75) is 32.6 Å². The number of guanidine groups is 1. The van der Waals surface area contributed by atoms with Crippen LogP contribution in [0.25, 0.3) is 0 Å². The standard InChI is InChI=1S/C18H20ClN5O2/c1-4-22-11(2)9-23-14-15(20-17(22)23)21(3)18(26)24(16(14)25)10-12-5-7-13(19)8-6-12/h5-9,14-15H,4,10H2,1-3H3. The third-order valence-electron chi connectivity index (χ3n) is 5.07. The number of allylic oxidation sites excluding steroid dienone is 1. The first-order valence-corrected chi connectivity index (χ1v) is 8.95. The van der Waals surface area contributed by atoms with Gasteiger partial charge in [-0.2, -0.15) is 0 Å². The summed E-state index contributed by atoms with van der Waals surface area (Å²) in [5, 5.41) is 0.619. The molecule has 1 saturated heterocycles. The Morgan fingerprint density at radius 2 is 1.85 bits per heavy atom. The maximum Gasteiger partial charge on any atom is 0.328 e. The van der Waals surface area contributed by atoms with Crippen LogP contribution in [0.2, 0.25) is 5.02 Å².